The van der Waals surface area contributed by atoms with Crippen molar-refractivity contribution in [2.24, 2.45) is 0 Å². The molecule has 2 heterocycles. The predicted octanol–water partition coefficient (Wildman–Crippen LogP) is 0.885. The zero-order chi connectivity index (χ0) is 9.26. The van der Waals surface area contributed by atoms with Gasteiger partial charge in [0.2, 0.25) is 0 Å². The van der Waals surface area contributed by atoms with Crippen molar-refractivity contribution in [2.75, 3.05) is 10.8 Å². The monoisotopic (exact) mass is 198 g/mol. The van der Waals surface area contributed by atoms with Gasteiger partial charge in [0.05, 0.1) is 12.6 Å². The lowest BCUT2D eigenvalue weighted by molar-refractivity contribution is 0.287. The van der Waals surface area contributed by atoms with Gasteiger partial charge in [-0.1, -0.05) is 6.07 Å². The molecule has 1 aliphatic rings. The maximum atomic E-state index is 11.4. The second kappa shape index (κ2) is 3.43. The fourth-order valence-corrected chi connectivity index (χ4v) is 2.23. The number of nitrogens with zero attached hydrogens (tertiary/aromatic N) is 2. The lowest BCUT2D eigenvalue weighted by Crippen LogP contribution is -2.21. The Hall–Kier alpha value is -0.940. The van der Waals surface area contributed by atoms with Crippen LogP contribution in [0.2, 0.25) is 0 Å². The van der Waals surface area contributed by atoms with Crippen LogP contribution in [0.15, 0.2) is 24.4 Å². The molecule has 1 aromatic heterocycles. The molecule has 0 amide bonds. The first kappa shape index (κ1) is 8.65. The average Bonchev–Trinajstić information content (AvgIpc) is 2.47. The SMILES string of the molecule is C[C@H]1CN(c2ccccn2)S(=O)O1. The second-order valence-corrected chi connectivity index (χ2v) is 3.94. The van der Waals surface area contributed by atoms with Crippen molar-refractivity contribution in [1.29, 1.82) is 0 Å². The van der Waals surface area contributed by atoms with Crippen LogP contribution in [0.25, 0.3) is 0 Å². The summed E-state index contributed by atoms with van der Waals surface area (Å²) >= 11 is -1.37. The highest BCUT2D eigenvalue weighted by Crippen LogP contribution is 2.20. The Kier molecular flexibility index (Phi) is 2.28. The molecule has 0 aromatic carbocycles. The van der Waals surface area contributed by atoms with E-state index in [4.69, 9.17) is 4.18 Å². The molecule has 4 nitrogen and oxygen atoms in total. The topological polar surface area (TPSA) is 42.4 Å². The van der Waals surface area contributed by atoms with Crippen LogP contribution in [0, 0.1) is 0 Å². The van der Waals surface area contributed by atoms with Gasteiger partial charge in [0.15, 0.2) is 0 Å². The third kappa shape index (κ3) is 1.71. The van der Waals surface area contributed by atoms with Crippen molar-refractivity contribution in [3.05, 3.63) is 24.4 Å². The standard InChI is InChI=1S/C8H10N2O2S/c1-7-6-10(13(11)12-7)8-4-2-3-5-9-8/h2-5,7H,6H2,1H3/t7-,13?/m0/s1. The molecule has 13 heavy (non-hydrogen) atoms. The molecule has 5 heteroatoms. The van der Waals surface area contributed by atoms with Crippen molar-refractivity contribution >= 4 is 17.1 Å². The predicted molar refractivity (Wildman–Crippen MR) is 50.3 cm³/mol. The first-order valence-corrected chi connectivity index (χ1v) is 5.08. The lowest BCUT2D eigenvalue weighted by atomic mass is 10.4. The van der Waals surface area contributed by atoms with Crippen molar-refractivity contribution in [3.8, 4) is 0 Å². The van der Waals surface area contributed by atoms with Crippen LogP contribution in [0.4, 0.5) is 5.82 Å². The van der Waals surface area contributed by atoms with Crippen LogP contribution in [0.1, 0.15) is 6.92 Å². The summed E-state index contributed by atoms with van der Waals surface area (Å²) in [4.78, 5) is 4.10. The lowest BCUT2D eigenvalue weighted by Gasteiger charge is -2.11. The van der Waals surface area contributed by atoms with Gasteiger partial charge in [0.1, 0.15) is 5.82 Å². The second-order valence-electron chi connectivity index (χ2n) is 2.87. The summed E-state index contributed by atoms with van der Waals surface area (Å²) in [6.45, 7) is 2.52. The number of aromatic nitrogens is 1. The smallest absolute Gasteiger partial charge is 0.266 e. The Morgan fingerprint density at radius 3 is 3.08 bits per heavy atom. The van der Waals surface area contributed by atoms with Gasteiger partial charge in [-0.3, -0.25) is 4.18 Å². The summed E-state index contributed by atoms with van der Waals surface area (Å²) in [7, 11) is 0. The highest BCUT2D eigenvalue weighted by molar-refractivity contribution is 7.82. The quantitative estimate of drug-likeness (QED) is 0.673. The molecule has 0 spiro atoms. The molecular weight excluding hydrogens is 188 g/mol. The highest BCUT2D eigenvalue weighted by Gasteiger charge is 2.28. The van der Waals surface area contributed by atoms with E-state index >= 15 is 0 Å². The molecular formula is C8H10N2O2S. The molecule has 0 N–H and O–H groups in total. The molecule has 1 unspecified atom stereocenters. The van der Waals surface area contributed by atoms with E-state index in [1.54, 1.807) is 10.5 Å². The van der Waals surface area contributed by atoms with E-state index in [-0.39, 0.29) is 6.10 Å². The van der Waals surface area contributed by atoms with E-state index in [2.05, 4.69) is 4.98 Å². The zero-order valence-electron chi connectivity index (χ0n) is 7.21. The minimum Gasteiger partial charge on any atom is -0.269 e. The van der Waals surface area contributed by atoms with Gasteiger partial charge in [-0.15, -0.1) is 0 Å². The summed E-state index contributed by atoms with van der Waals surface area (Å²) in [5.74, 6) is 0.699. The molecule has 0 bridgehead atoms. The van der Waals surface area contributed by atoms with Gasteiger partial charge in [0, 0.05) is 6.20 Å². The van der Waals surface area contributed by atoms with E-state index in [1.807, 2.05) is 25.1 Å². The maximum absolute atomic E-state index is 11.4. The van der Waals surface area contributed by atoms with Crippen LogP contribution >= 0.6 is 0 Å². The molecule has 0 radical (unpaired) electrons. The summed E-state index contributed by atoms with van der Waals surface area (Å²) in [6.07, 6.45) is 1.68. The van der Waals surface area contributed by atoms with Gasteiger partial charge in [-0.25, -0.2) is 13.5 Å². The number of anilines is 1. The Balaban J connectivity index is 2.23. The maximum Gasteiger partial charge on any atom is 0.266 e. The Labute approximate surface area is 79.3 Å². The van der Waals surface area contributed by atoms with Crippen molar-refractivity contribution in [1.82, 2.24) is 4.98 Å². The first-order valence-electron chi connectivity index (χ1n) is 4.05. The molecule has 0 aliphatic carbocycles. The van der Waals surface area contributed by atoms with Crippen molar-refractivity contribution in [3.63, 3.8) is 0 Å². The molecule has 1 aromatic rings. The van der Waals surface area contributed by atoms with E-state index in [9.17, 15) is 4.21 Å². The van der Waals surface area contributed by atoms with Crippen LogP contribution in [-0.4, -0.2) is 21.8 Å². The highest BCUT2D eigenvalue weighted by atomic mass is 32.2. The molecule has 2 atom stereocenters. The molecule has 1 saturated heterocycles. The Morgan fingerprint density at radius 2 is 2.54 bits per heavy atom. The number of hydrogen-bond donors (Lipinski definition) is 0. The van der Waals surface area contributed by atoms with Crippen molar-refractivity contribution in [2.45, 2.75) is 13.0 Å². The Bertz CT molecular complexity index is 317. The average molecular weight is 198 g/mol. The van der Waals surface area contributed by atoms with Crippen molar-refractivity contribution < 1.29 is 8.39 Å². The number of pyridine rings is 1. The summed E-state index contributed by atoms with van der Waals surface area (Å²) in [5.41, 5.74) is 0. The van der Waals surface area contributed by atoms with E-state index in [0.717, 1.165) is 0 Å². The van der Waals surface area contributed by atoms with E-state index in [1.165, 1.54) is 0 Å². The number of hydrogen-bond acceptors (Lipinski definition) is 3. The molecule has 1 fully saturated rings. The van der Waals surface area contributed by atoms with Crippen LogP contribution in [0.5, 0.6) is 0 Å². The molecule has 0 saturated carbocycles. The minimum atomic E-state index is -1.37. The van der Waals surface area contributed by atoms with Crippen LogP contribution < -0.4 is 4.31 Å². The molecule has 2 rings (SSSR count). The largest absolute Gasteiger partial charge is 0.269 e. The molecule has 70 valence electrons. The molecule has 1 aliphatic heterocycles. The van der Waals surface area contributed by atoms with Gasteiger partial charge in [-0.2, -0.15) is 0 Å². The van der Waals surface area contributed by atoms with Gasteiger partial charge >= 0.3 is 0 Å². The van der Waals surface area contributed by atoms with E-state index in [0.29, 0.717) is 12.4 Å². The van der Waals surface area contributed by atoms with Crippen LogP contribution in [0.3, 0.4) is 0 Å². The fourth-order valence-electron chi connectivity index (χ4n) is 1.19. The van der Waals surface area contributed by atoms with Gasteiger partial charge in [0.25, 0.3) is 11.3 Å². The zero-order valence-corrected chi connectivity index (χ0v) is 8.03. The van der Waals surface area contributed by atoms with Gasteiger partial charge in [-0.05, 0) is 19.1 Å². The number of rotatable bonds is 1. The fraction of sp³-hybridized carbons (Fsp3) is 0.375. The minimum absolute atomic E-state index is 0.00263. The van der Waals surface area contributed by atoms with E-state index < -0.39 is 11.3 Å². The van der Waals surface area contributed by atoms with Crippen LogP contribution in [-0.2, 0) is 15.4 Å². The summed E-state index contributed by atoms with van der Waals surface area (Å²) in [6, 6.07) is 5.51. The summed E-state index contributed by atoms with van der Waals surface area (Å²) < 4.78 is 18.1. The Morgan fingerprint density at radius 1 is 1.69 bits per heavy atom. The third-order valence-corrected chi connectivity index (χ3v) is 2.94. The third-order valence-electron chi connectivity index (χ3n) is 1.75. The first-order chi connectivity index (χ1) is 6.27. The normalized spacial score (nSPS) is 27.9. The van der Waals surface area contributed by atoms with Gasteiger partial charge < -0.3 is 0 Å². The summed E-state index contributed by atoms with van der Waals surface area (Å²) in [5, 5.41) is 0.